The van der Waals surface area contributed by atoms with E-state index in [1.165, 1.54) is 0 Å². The molecule has 1 fully saturated rings. The van der Waals surface area contributed by atoms with Gasteiger partial charge in [0, 0.05) is 13.7 Å². The Morgan fingerprint density at radius 1 is 1.60 bits per heavy atom. The normalized spacial score (nSPS) is 20.5. The van der Waals surface area contributed by atoms with E-state index < -0.39 is 0 Å². The number of aliphatic hydroxyl groups excluding tert-OH is 1. The minimum absolute atomic E-state index is 0.0252. The Morgan fingerprint density at radius 2 is 2.27 bits per heavy atom. The zero-order valence-electron chi connectivity index (χ0n) is 9.58. The van der Waals surface area contributed by atoms with Crippen LogP contribution in [0.2, 0.25) is 0 Å². The van der Waals surface area contributed by atoms with Crippen molar-refractivity contribution in [1.82, 2.24) is 5.32 Å². The predicted octanol–water partition coefficient (Wildman–Crippen LogP) is 0.833. The Morgan fingerprint density at radius 3 is 2.67 bits per heavy atom. The third-order valence-corrected chi connectivity index (χ3v) is 3.06. The van der Waals surface area contributed by atoms with Gasteiger partial charge >= 0.3 is 0 Å². The molecule has 0 aromatic heterocycles. The fourth-order valence-electron chi connectivity index (χ4n) is 1.80. The molecule has 4 nitrogen and oxygen atoms in total. The van der Waals surface area contributed by atoms with Crippen LogP contribution in [0, 0.1) is 0 Å². The van der Waals surface area contributed by atoms with Crippen LogP contribution in [0.3, 0.4) is 0 Å². The first-order valence-electron chi connectivity index (χ1n) is 5.58. The summed E-state index contributed by atoms with van der Waals surface area (Å²) in [4.78, 5) is 11.5. The number of carbonyl (C=O) groups is 1. The molecule has 1 unspecified atom stereocenters. The lowest BCUT2D eigenvalue weighted by molar-refractivity contribution is -0.134. The van der Waals surface area contributed by atoms with Gasteiger partial charge in [-0.1, -0.05) is 0 Å². The van der Waals surface area contributed by atoms with Crippen molar-refractivity contribution >= 4 is 5.91 Å². The molecular weight excluding hydrogens is 194 g/mol. The van der Waals surface area contributed by atoms with Gasteiger partial charge in [0.2, 0.25) is 5.91 Å². The van der Waals surface area contributed by atoms with Crippen LogP contribution in [0.1, 0.15) is 39.0 Å². The largest absolute Gasteiger partial charge is 0.393 e. The molecule has 1 rings (SSSR count). The maximum Gasteiger partial charge on any atom is 0.222 e. The van der Waals surface area contributed by atoms with Gasteiger partial charge in [-0.05, 0) is 32.6 Å². The highest BCUT2D eigenvalue weighted by molar-refractivity contribution is 5.77. The van der Waals surface area contributed by atoms with Gasteiger partial charge in [0.15, 0.2) is 0 Å². The predicted molar refractivity (Wildman–Crippen MR) is 57.5 cm³/mol. The van der Waals surface area contributed by atoms with Crippen LogP contribution >= 0.6 is 0 Å². The zero-order chi connectivity index (χ0) is 11.3. The van der Waals surface area contributed by atoms with Crippen LogP contribution in [0.4, 0.5) is 0 Å². The summed E-state index contributed by atoms with van der Waals surface area (Å²) in [6.45, 7) is 2.25. The van der Waals surface area contributed by atoms with E-state index in [1.54, 1.807) is 14.0 Å². The van der Waals surface area contributed by atoms with Crippen LogP contribution in [0.25, 0.3) is 0 Å². The van der Waals surface area contributed by atoms with Gasteiger partial charge < -0.3 is 15.2 Å². The number of nitrogens with one attached hydrogen (secondary N) is 1. The highest BCUT2D eigenvalue weighted by Crippen LogP contribution is 2.37. The van der Waals surface area contributed by atoms with E-state index in [0.717, 1.165) is 19.3 Å². The molecule has 1 saturated carbocycles. The fraction of sp³-hybridized carbons (Fsp3) is 0.909. The lowest BCUT2D eigenvalue weighted by atomic mass is 9.77. The van der Waals surface area contributed by atoms with Crippen LogP contribution in [-0.2, 0) is 9.53 Å². The molecule has 2 N–H and O–H groups in total. The highest BCUT2D eigenvalue weighted by Gasteiger charge is 2.38. The van der Waals surface area contributed by atoms with Crippen molar-refractivity contribution in [3.05, 3.63) is 0 Å². The van der Waals surface area contributed by atoms with Crippen LogP contribution in [-0.4, -0.2) is 36.4 Å². The zero-order valence-corrected chi connectivity index (χ0v) is 9.58. The van der Waals surface area contributed by atoms with Crippen LogP contribution < -0.4 is 5.32 Å². The van der Waals surface area contributed by atoms with Crippen molar-refractivity contribution in [2.45, 2.75) is 50.7 Å². The molecule has 4 heteroatoms. The molecule has 88 valence electrons. The fourth-order valence-corrected chi connectivity index (χ4v) is 1.80. The summed E-state index contributed by atoms with van der Waals surface area (Å²) in [5, 5.41) is 11.8. The van der Waals surface area contributed by atoms with Crippen LogP contribution in [0.15, 0.2) is 0 Å². The average molecular weight is 215 g/mol. The standard InChI is InChI=1S/C11H21NO3/c1-9(13)4-7-12-10(14)8-11(15-2)5-3-6-11/h9,13H,3-8H2,1-2H3,(H,12,14). The van der Waals surface area contributed by atoms with Crippen molar-refractivity contribution < 1.29 is 14.6 Å². The first kappa shape index (κ1) is 12.5. The molecule has 0 aliphatic heterocycles. The third kappa shape index (κ3) is 3.80. The lowest BCUT2D eigenvalue weighted by Crippen LogP contribution is -2.44. The summed E-state index contributed by atoms with van der Waals surface area (Å²) in [6.07, 6.45) is 3.80. The molecule has 0 heterocycles. The van der Waals surface area contributed by atoms with E-state index in [2.05, 4.69) is 5.32 Å². The number of methoxy groups -OCH3 is 1. The van der Waals surface area contributed by atoms with Crippen LogP contribution in [0.5, 0.6) is 0 Å². The van der Waals surface area contributed by atoms with Gasteiger partial charge in [0.25, 0.3) is 0 Å². The summed E-state index contributed by atoms with van der Waals surface area (Å²) >= 11 is 0. The second-order valence-corrected chi connectivity index (χ2v) is 4.41. The smallest absolute Gasteiger partial charge is 0.222 e. The average Bonchev–Trinajstić information content (AvgIpc) is 2.11. The highest BCUT2D eigenvalue weighted by atomic mass is 16.5. The molecule has 0 saturated heterocycles. The topological polar surface area (TPSA) is 58.6 Å². The van der Waals surface area contributed by atoms with Crippen molar-refractivity contribution in [2.75, 3.05) is 13.7 Å². The molecule has 1 aliphatic rings. The quantitative estimate of drug-likeness (QED) is 0.690. The minimum Gasteiger partial charge on any atom is -0.393 e. The number of aliphatic hydroxyl groups is 1. The first-order chi connectivity index (χ1) is 7.08. The van der Waals surface area contributed by atoms with E-state index in [4.69, 9.17) is 9.84 Å². The molecule has 15 heavy (non-hydrogen) atoms. The summed E-state index contributed by atoms with van der Waals surface area (Å²) in [5.74, 6) is 0.0252. The molecule has 0 aromatic rings. The molecule has 1 amide bonds. The SMILES string of the molecule is COC1(CC(=O)NCCC(C)O)CCC1. The van der Waals surface area contributed by atoms with Gasteiger partial charge in [-0.2, -0.15) is 0 Å². The molecule has 0 spiro atoms. The van der Waals surface area contributed by atoms with E-state index >= 15 is 0 Å². The Bertz CT molecular complexity index is 206. The summed E-state index contributed by atoms with van der Waals surface area (Å²) in [5.41, 5.74) is -0.199. The van der Waals surface area contributed by atoms with Crippen molar-refractivity contribution in [2.24, 2.45) is 0 Å². The Kier molecular flexibility index (Phi) is 4.54. The van der Waals surface area contributed by atoms with E-state index in [1.807, 2.05) is 0 Å². The molecular formula is C11H21NO3. The molecule has 1 atom stereocenters. The second-order valence-electron chi connectivity index (χ2n) is 4.41. The first-order valence-corrected chi connectivity index (χ1v) is 5.58. The Hall–Kier alpha value is -0.610. The number of carbonyl (C=O) groups excluding carboxylic acids is 1. The summed E-state index contributed by atoms with van der Waals surface area (Å²) < 4.78 is 5.36. The molecule has 0 radical (unpaired) electrons. The monoisotopic (exact) mass is 215 g/mol. The van der Waals surface area contributed by atoms with Crippen molar-refractivity contribution in [3.63, 3.8) is 0 Å². The minimum atomic E-state index is -0.356. The summed E-state index contributed by atoms with van der Waals surface area (Å²) in [6, 6.07) is 0. The van der Waals surface area contributed by atoms with E-state index in [0.29, 0.717) is 19.4 Å². The van der Waals surface area contributed by atoms with Crippen molar-refractivity contribution in [1.29, 1.82) is 0 Å². The Labute approximate surface area is 91.0 Å². The number of ether oxygens (including phenoxy) is 1. The van der Waals surface area contributed by atoms with Gasteiger partial charge in [0.1, 0.15) is 0 Å². The number of amides is 1. The van der Waals surface area contributed by atoms with Crippen molar-refractivity contribution in [3.8, 4) is 0 Å². The molecule has 1 aliphatic carbocycles. The number of hydrogen-bond donors (Lipinski definition) is 2. The molecule has 0 bridgehead atoms. The number of hydrogen-bond acceptors (Lipinski definition) is 3. The second kappa shape index (κ2) is 5.47. The van der Waals surface area contributed by atoms with Gasteiger partial charge in [-0.25, -0.2) is 0 Å². The van der Waals surface area contributed by atoms with E-state index in [9.17, 15) is 4.79 Å². The third-order valence-electron chi connectivity index (χ3n) is 3.06. The maximum atomic E-state index is 11.5. The van der Waals surface area contributed by atoms with Gasteiger partial charge in [-0.15, -0.1) is 0 Å². The number of rotatable bonds is 6. The summed E-state index contributed by atoms with van der Waals surface area (Å²) in [7, 11) is 1.67. The maximum absolute atomic E-state index is 11.5. The van der Waals surface area contributed by atoms with Gasteiger partial charge in [-0.3, -0.25) is 4.79 Å². The lowest BCUT2D eigenvalue weighted by Gasteiger charge is -2.39. The Balaban J connectivity index is 2.17. The van der Waals surface area contributed by atoms with Gasteiger partial charge in [0.05, 0.1) is 18.1 Å². The van der Waals surface area contributed by atoms with E-state index in [-0.39, 0.29) is 17.6 Å². The molecule has 0 aromatic carbocycles.